The van der Waals surface area contributed by atoms with Gasteiger partial charge in [0.05, 0.1) is 0 Å². The molecule has 0 aromatic heterocycles. The monoisotopic (exact) mass is 464 g/mol. The number of hydrogen-bond acceptors (Lipinski definition) is 2. The van der Waals surface area contributed by atoms with E-state index < -0.39 is 0 Å². The maximum absolute atomic E-state index is 4.25. The van der Waals surface area contributed by atoms with Crippen molar-refractivity contribution in [3.05, 3.63) is 109 Å². The second kappa shape index (κ2) is 78.2. The topological polar surface area (TPSA) is 18.5 Å². The van der Waals surface area contributed by atoms with Gasteiger partial charge in [0.15, 0.2) is 0 Å². The van der Waals surface area contributed by atoms with E-state index in [0.717, 1.165) is 0 Å². The third-order valence-electron chi connectivity index (χ3n) is 2.00. The van der Waals surface area contributed by atoms with Crippen LogP contribution in [0.25, 0.3) is 0 Å². The summed E-state index contributed by atoms with van der Waals surface area (Å²) >= 11 is 0. The zero-order valence-corrected chi connectivity index (χ0v) is 21.2. The smallest absolute Gasteiger partial charge is 0.0351 e. The Kier molecular flexibility index (Phi) is 124. The minimum absolute atomic E-state index is 0. The Hall–Kier alpha value is -2.42. The molecule has 0 saturated heterocycles. The summed E-state index contributed by atoms with van der Waals surface area (Å²) in [6, 6.07) is 36.0. The van der Waals surface area contributed by atoms with Gasteiger partial charge in [0, 0.05) is 28.4 Å². The fraction of sp³-hybridized carbons (Fsp3) is 0.419. The number of methoxy groups -OCH3 is 2. The SMILES string of the molecule is C.C.C.CC.CC.CC.COC.COC.c1ccccc1.c1ccccc1.c1ccccc1. The molecule has 0 saturated carbocycles. The average Bonchev–Trinajstić information content (AvgIpc) is 2.88. The van der Waals surface area contributed by atoms with Gasteiger partial charge in [-0.1, -0.05) is 173 Å². The minimum Gasteiger partial charge on any atom is -0.388 e. The Labute approximate surface area is 211 Å². The van der Waals surface area contributed by atoms with E-state index in [4.69, 9.17) is 0 Å². The van der Waals surface area contributed by atoms with Crippen molar-refractivity contribution in [3.63, 3.8) is 0 Å². The van der Waals surface area contributed by atoms with Crippen molar-refractivity contribution in [1.82, 2.24) is 0 Å². The highest BCUT2D eigenvalue weighted by atomic mass is 16.5. The first kappa shape index (κ1) is 52.5. The normalized spacial score (nSPS) is 6.00. The van der Waals surface area contributed by atoms with Crippen LogP contribution in [-0.4, -0.2) is 28.4 Å². The predicted octanol–water partition coefficient (Wildman–Crippen LogP) is 10.6. The second-order valence-corrected chi connectivity index (χ2v) is 4.28. The van der Waals surface area contributed by atoms with Gasteiger partial charge in [-0.2, -0.15) is 0 Å². The lowest BCUT2D eigenvalue weighted by molar-refractivity contribution is 0.277. The highest BCUT2D eigenvalue weighted by Gasteiger charge is 1.59. The Balaban J connectivity index is -0.0000000374. The maximum atomic E-state index is 4.25. The largest absolute Gasteiger partial charge is 0.388 e. The van der Waals surface area contributed by atoms with E-state index in [9.17, 15) is 0 Å². The summed E-state index contributed by atoms with van der Waals surface area (Å²) in [7, 11) is 6.50. The molecule has 0 radical (unpaired) electrons. The summed E-state index contributed by atoms with van der Waals surface area (Å²) in [6.45, 7) is 12.0. The van der Waals surface area contributed by atoms with Crippen LogP contribution in [0.1, 0.15) is 63.8 Å². The second-order valence-electron chi connectivity index (χ2n) is 4.28. The standard InChI is InChI=1S/3C6H6.2C2H6O.3C2H6.3CH4/c3*1-2-4-6-5-3-1;2*1-3-2;3*1-2;;;/h3*1-6H;2*1-2H3;3*1-2H3;3*1H4. The first-order chi connectivity index (χ1) is 14.8. The van der Waals surface area contributed by atoms with Crippen LogP contribution >= 0.6 is 0 Å². The molecule has 2 heteroatoms. The van der Waals surface area contributed by atoms with Crippen molar-refractivity contribution >= 4 is 0 Å². The highest BCUT2D eigenvalue weighted by molar-refractivity contribution is 5.00. The summed E-state index contributed by atoms with van der Waals surface area (Å²) in [4.78, 5) is 0. The lowest BCUT2D eigenvalue weighted by Crippen LogP contribution is -1.55. The van der Waals surface area contributed by atoms with Gasteiger partial charge in [-0.3, -0.25) is 0 Å². The van der Waals surface area contributed by atoms with Crippen LogP contribution in [0.4, 0.5) is 0 Å². The Morgan fingerprint density at radius 1 is 0.242 bits per heavy atom. The van der Waals surface area contributed by atoms with Gasteiger partial charge in [-0.05, 0) is 0 Å². The van der Waals surface area contributed by atoms with E-state index >= 15 is 0 Å². The van der Waals surface area contributed by atoms with Crippen molar-refractivity contribution in [2.75, 3.05) is 28.4 Å². The van der Waals surface area contributed by atoms with Crippen LogP contribution in [0, 0.1) is 0 Å². The fourth-order valence-electron chi connectivity index (χ4n) is 1.15. The zero-order valence-electron chi connectivity index (χ0n) is 21.2. The molecule has 3 rings (SSSR count). The van der Waals surface area contributed by atoms with Gasteiger partial charge in [0.25, 0.3) is 0 Å². The number of hydrogen-bond donors (Lipinski definition) is 0. The molecule has 0 aliphatic carbocycles. The summed E-state index contributed by atoms with van der Waals surface area (Å²) in [5.41, 5.74) is 0. The van der Waals surface area contributed by atoms with E-state index in [1.165, 1.54) is 0 Å². The van der Waals surface area contributed by atoms with Gasteiger partial charge in [-0.25, -0.2) is 0 Å². The molecular formula is C31H60O2. The minimum atomic E-state index is 0. The number of ether oxygens (including phenoxy) is 2. The van der Waals surface area contributed by atoms with Gasteiger partial charge in [0.1, 0.15) is 0 Å². The molecule has 0 fully saturated rings. The summed E-state index contributed by atoms with van der Waals surface area (Å²) in [5.74, 6) is 0. The van der Waals surface area contributed by atoms with E-state index in [1.54, 1.807) is 28.4 Å². The van der Waals surface area contributed by atoms with Gasteiger partial charge >= 0.3 is 0 Å². The molecule has 196 valence electrons. The third kappa shape index (κ3) is 92.7. The maximum Gasteiger partial charge on any atom is 0.0351 e. The third-order valence-corrected chi connectivity index (χ3v) is 2.00. The highest BCUT2D eigenvalue weighted by Crippen LogP contribution is 1.81. The van der Waals surface area contributed by atoms with Crippen molar-refractivity contribution in [1.29, 1.82) is 0 Å². The van der Waals surface area contributed by atoms with Crippen LogP contribution in [0.3, 0.4) is 0 Å². The Bertz CT molecular complexity index is 328. The molecule has 0 spiro atoms. The molecule has 0 aliphatic heterocycles. The van der Waals surface area contributed by atoms with Crippen LogP contribution < -0.4 is 0 Å². The molecule has 3 aromatic rings. The average molecular weight is 465 g/mol. The quantitative estimate of drug-likeness (QED) is 0.329. The molecule has 0 amide bonds. The van der Waals surface area contributed by atoms with Crippen LogP contribution in [-0.2, 0) is 9.47 Å². The lowest BCUT2D eigenvalue weighted by atomic mass is 10.4. The van der Waals surface area contributed by atoms with E-state index in [1.807, 2.05) is 151 Å². The molecule has 3 aromatic carbocycles. The first-order valence-electron chi connectivity index (χ1n) is 10.6. The van der Waals surface area contributed by atoms with E-state index in [2.05, 4.69) is 9.47 Å². The molecule has 0 atom stereocenters. The lowest BCUT2D eigenvalue weighted by Gasteiger charge is -1.69. The summed E-state index contributed by atoms with van der Waals surface area (Å²) in [6.07, 6.45) is 0. The van der Waals surface area contributed by atoms with Gasteiger partial charge < -0.3 is 9.47 Å². The number of rotatable bonds is 0. The van der Waals surface area contributed by atoms with Crippen LogP contribution in [0.5, 0.6) is 0 Å². The van der Waals surface area contributed by atoms with Crippen LogP contribution in [0.2, 0.25) is 0 Å². The fourth-order valence-corrected chi connectivity index (χ4v) is 1.15. The number of benzene rings is 3. The summed E-state index contributed by atoms with van der Waals surface area (Å²) in [5, 5.41) is 0. The summed E-state index contributed by atoms with van der Waals surface area (Å²) < 4.78 is 8.50. The van der Waals surface area contributed by atoms with Crippen molar-refractivity contribution < 1.29 is 9.47 Å². The van der Waals surface area contributed by atoms with E-state index in [-0.39, 0.29) is 22.3 Å². The van der Waals surface area contributed by atoms with Gasteiger partial charge in [0.2, 0.25) is 0 Å². The molecule has 0 aliphatic rings. The molecule has 0 unspecified atom stereocenters. The molecular weight excluding hydrogens is 404 g/mol. The van der Waals surface area contributed by atoms with Crippen molar-refractivity contribution in [2.45, 2.75) is 63.8 Å². The van der Waals surface area contributed by atoms with Gasteiger partial charge in [-0.15, -0.1) is 0 Å². The first-order valence-corrected chi connectivity index (χ1v) is 10.6. The molecule has 2 nitrogen and oxygen atoms in total. The zero-order chi connectivity index (χ0) is 24.1. The molecule has 33 heavy (non-hydrogen) atoms. The van der Waals surface area contributed by atoms with Crippen molar-refractivity contribution in [2.24, 2.45) is 0 Å². The molecule has 0 heterocycles. The predicted molar refractivity (Wildman–Crippen MR) is 159 cm³/mol. The van der Waals surface area contributed by atoms with Crippen molar-refractivity contribution in [3.8, 4) is 0 Å². The molecule has 0 bridgehead atoms. The Morgan fingerprint density at radius 2 is 0.273 bits per heavy atom. The van der Waals surface area contributed by atoms with Crippen LogP contribution in [0.15, 0.2) is 109 Å². The Morgan fingerprint density at radius 3 is 0.303 bits per heavy atom. The van der Waals surface area contributed by atoms with E-state index in [0.29, 0.717) is 0 Å². The molecule has 0 N–H and O–H groups in total.